The van der Waals surface area contributed by atoms with E-state index in [1.165, 1.54) is 12.8 Å². The van der Waals surface area contributed by atoms with Gasteiger partial charge in [-0.05, 0) is 80.2 Å². The van der Waals surface area contributed by atoms with Gasteiger partial charge in [0.05, 0.1) is 4.92 Å². The fraction of sp³-hybridized carbons (Fsp3) is 0.552. The van der Waals surface area contributed by atoms with E-state index in [9.17, 15) is 14.9 Å². The molecule has 0 atom stereocenters. The van der Waals surface area contributed by atoms with E-state index in [2.05, 4.69) is 21.9 Å². The molecule has 1 heterocycles. The molecule has 2 saturated carbocycles. The predicted molar refractivity (Wildman–Crippen MR) is 143 cm³/mol. The minimum absolute atomic E-state index is 0.170. The highest BCUT2D eigenvalue weighted by molar-refractivity contribution is 5.81. The number of hydrogen-bond acceptors (Lipinski definition) is 5. The van der Waals surface area contributed by atoms with Crippen molar-refractivity contribution in [3.63, 3.8) is 0 Å². The molecule has 3 aliphatic rings. The SMILES string of the molecule is NC1CCC(N(Cc2cccc(-c3ccc(N4CCCCCC4)c([N+](=O)[O-])c3)c2)C(=O)C2CC2)CC1. The van der Waals surface area contributed by atoms with E-state index in [0.29, 0.717) is 6.54 Å². The first kappa shape index (κ1) is 24.8. The van der Waals surface area contributed by atoms with E-state index >= 15 is 0 Å². The Morgan fingerprint density at radius 2 is 1.64 bits per heavy atom. The second-order valence-electron chi connectivity index (χ2n) is 10.9. The summed E-state index contributed by atoms with van der Waals surface area (Å²) in [5.74, 6) is 0.455. The second kappa shape index (κ2) is 11.0. The molecular formula is C29H38N4O3. The van der Waals surface area contributed by atoms with Gasteiger partial charge in [0.25, 0.3) is 5.69 Å². The van der Waals surface area contributed by atoms with Crippen LogP contribution in [0.25, 0.3) is 11.1 Å². The van der Waals surface area contributed by atoms with Gasteiger partial charge in [-0.3, -0.25) is 14.9 Å². The number of nitrogens with zero attached hydrogens (tertiary/aromatic N) is 3. The van der Waals surface area contributed by atoms with Crippen molar-refractivity contribution in [3.05, 3.63) is 58.1 Å². The van der Waals surface area contributed by atoms with Crippen molar-refractivity contribution < 1.29 is 9.72 Å². The normalized spacial score (nSPS) is 22.6. The lowest BCUT2D eigenvalue weighted by Crippen LogP contribution is -2.44. The summed E-state index contributed by atoms with van der Waals surface area (Å²) in [6, 6.07) is 14.3. The first-order chi connectivity index (χ1) is 17.5. The Kier molecular flexibility index (Phi) is 7.56. The fourth-order valence-electron chi connectivity index (χ4n) is 5.84. The van der Waals surface area contributed by atoms with Gasteiger partial charge in [0.1, 0.15) is 5.69 Å². The van der Waals surface area contributed by atoms with E-state index in [1.807, 2.05) is 24.3 Å². The largest absolute Gasteiger partial charge is 0.366 e. The molecule has 2 aliphatic carbocycles. The van der Waals surface area contributed by atoms with Gasteiger partial charge in [-0.25, -0.2) is 0 Å². The van der Waals surface area contributed by atoms with Crippen LogP contribution >= 0.6 is 0 Å². The number of nitro benzene ring substituents is 1. The lowest BCUT2D eigenvalue weighted by Gasteiger charge is -2.36. The van der Waals surface area contributed by atoms with Gasteiger partial charge in [0.15, 0.2) is 0 Å². The van der Waals surface area contributed by atoms with Crippen molar-refractivity contribution in [2.24, 2.45) is 11.7 Å². The minimum atomic E-state index is -0.253. The third-order valence-corrected chi connectivity index (χ3v) is 8.12. The number of carbonyl (C=O) groups excluding carboxylic acids is 1. The maximum absolute atomic E-state index is 13.2. The highest BCUT2D eigenvalue weighted by Gasteiger charge is 2.37. The lowest BCUT2D eigenvalue weighted by molar-refractivity contribution is -0.384. The highest BCUT2D eigenvalue weighted by atomic mass is 16.6. The van der Waals surface area contributed by atoms with Crippen LogP contribution < -0.4 is 10.6 Å². The molecule has 0 unspecified atom stereocenters. The number of benzene rings is 2. The molecule has 0 bridgehead atoms. The summed E-state index contributed by atoms with van der Waals surface area (Å²) in [5.41, 5.74) is 9.87. The first-order valence-electron chi connectivity index (χ1n) is 13.7. The van der Waals surface area contributed by atoms with Crippen LogP contribution in [0, 0.1) is 16.0 Å². The van der Waals surface area contributed by atoms with Crippen LogP contribution in [0.4, 0.5) is 11.4 Å². The summed E-state index contributed by atoms with van der Waals surface area (Å²) in [5, 5.41) is 12.0. The molecule has 1 amide bonds. The quantitative estimate of drug-likeness (QED) is 0.400. The van der Waals surface area contributed by atoms with Gasteiger partial charge in [-0.2, -0.15) is 0 Å². The number of carbonyl (C=O) groups is 1. The van der Waals surface area contributed by atoms with Crippen LogP contribution in [0.3, 0.4) is 0 Å². The lowest BCUT2D eigenvalue weighted by atomic mass is 9.90. The average molecular weight is 491 g/mol. The van der Waals surface area contributed by atoms with Gasteiger partial charge < -0.3 is 15.5 Å². The zero-order valence-electron chi connectivity index (χ0n) is 21.1. The number of hydrogen-bond donors (Lipinski definition) is 1. The molecule has 0 radical (unpaired) electrons. The van der Waals surface area contributed by atoms with Gasteiger partial charge in [0, 0.05) is 43.7 Å². The molecule has 192 valence electrons. The summed E-state index contributed by atoms with van der Waals surface area (Å²) in [6.07, 6.45) is 10.4. The van der Waals surface area contributed by atoms with E-state index in [-0.39, 0.29) is 34.5 Å². The van der Waals surface area contributed by atoms with Crippen LogP contribution in [-0.4, -0.2) is 40.9 Å². The summed E-state index contributed by atoms with van der Waals surface area (Å²) >= 11 is 0. The Balaban J connectivity index is 1.39. The molecule has 7 nitrogen and oxygen atoms in total. The minimum Gasteiger partial charge on any atom is -0.366 e. The third kappa shape index (κ3) is 5.72. The summed E-state index contributed by atoms with van der Waals surface area (Å²) in [4.78, 5) is 29.2. The third-order valence-electron chi connectivity index (χ3n) is 8.12. The standard InChI is InChI=1S/C29H38N4O3/c30-25-11-13-26(14-12-25)32(29(34)22-8-9-22)20-21-6-5-7-23(18-21)24-10-15-27(28(19-24)33(35)36)31-16-3-1-2-4-17-31/h5-7,10,15,18-19,22,25-26H,1-4,8-9,11-14,16-17,20,30H2. The zero-order chi connectivity index (χ0) is 25.1. The maximum Gasteiger partial charge on any atom is 0.293 e. The Morgan fingerprint density at radius 3 is 2.31 bits per heavy atom. The van der Waals surface area contributed by atoms with Crippen LogP contribution in [0.1, 0.15) is 69.8 Å². The van der Waals surface area contributed by atoms with Crippen molar-refractivity contribution in [2.75, 3.05) is 18.0 Å². The van der Waals surface area contributed by atoms with Crippen molar-refractivity contribution in [1.29, 1.82) is 0 Å². The van der Waals surface area contributed by atoms with Gasteiger partial charge in [-0.15, -0.1) is 0 Å². The first-order valence-corrected chi connectivity index (χ1v) is 13.7. The Hall–Kier alpha value is -2.93. The molecule has 1 saturated heterocycles. The van der Waals surface area contributed by atoms with E-state index in [4.69, 9.17) is 5.73 Å². The van der Waals surface area contributed by atoms with Crippen LogP contribution in [0.5, 0.6) is 0 Å². The topological polar surface area (TPSA) is 92.7 Å². The molecule has 0 spiro atoms. The van der Waals surface area contributed by atoms with Crippen LogP contribution in [0.2, 0.25) is 0 Å². The zero-order valence-corrected chi connectivity index (χ0v) is 21.1. The Morgan fingerprint density at radius 1 is 0.944 bits per heavy atom. The van der Waals surface area contributed by atoms with Crippen LogP contribution in [-0.2, 0) is 11.3 Å². The van der Waals surface area contributed by atoms with E-state index in [0.717, 1.165) is 86.8 Å². The predicted octanol–water partition coefficient (Wildman–Crippen LogP) is 5.65. The van der Waals surface area contributed by atoms with E-state index in [1.54, 1.807) is 6.07 Å². The monoisotopic (exact) mass is 490 g/mol. The van der Waals surface area contributed by atoms with Gasteiger partial charge in [0.2, 0.25) is 5.91 Å². The molecule has 36 heavy (non-hydrogen) atoms. The number of nitrogens with two attached hydrogens (primary N) is 1. The van der Waals surface area contributed by atoms with E-state index < -0.39 is 0 Å². The molecule has 2 aromatic rings. The molecule has 2 N–H and O–H groups in total. The average Bonchev–Trinajstić information content (AvgIpc) is 3.75. The molecule has 7 heteroatoms. The fourth-order valence-corrected chi connectivity index (χ4v) is 5.84. The van der Waals surface area contributed by atoms with Crippen molar-refractivity contribution in [2.45, 2.75) is 82.8 Å². The molecule has 3 fully saturated rings. The van der Waals surface area contributed by atoms with Crippen molar-refractivity contribution >= 4 is 17.3 Å². The van der Waals surface area contributed by atoms with Crippen LogP contribution in [0.15, 0.2) is 42.5 Å². The number of rotatable bonds is 7. The molecule has 5 rings (SSSR count). The van der Waals surface area contributed by atoms with Crippen molar-refractivity contribution in [3.8, 4) is 11.1 Å². The molecule has 2 aromatic carbocycles. The smallest absolute Gasteiger partial charge is 0.293 e. The summed E-state index contributed by atoms with van der Waals surface area (Å²) in [6.45, 7) is 2.32. The molecule has 0 aromatic heterocycles. The number of amides is 1. The molecular weight excluding hydrogens is 452 g/mol. The van der Waals surface area contributed by atoms with Gasteiger partial charge >= 0.3 is 0 Å². The highest BCUT2D eigenvalue weighted by Crippen LogP contribution is 2.36. The number of anilines is 1. The maximum atomic E-state index is 13.2. The number of nitro groups is 1. The summed E-state index contributed by atoms with van der Waals surface area (Å²) < 4.78 is 0. The van der Waals surface area contributed by atoms with Crippen molar-refractivity contribution in [1.82, 2.24) is 4.90 Å². The Labute approximate surface area is 213 Å². The van der Waals surface area contributed by atoms with Gasteiger partial charge in [-0.1, -0.05) is 37.1 Å². The Bertz CT molecular complexity index is 1080. The summed E-state index contributed by atoms with van der Waals surface area (Å²) in [7, 11) is 0. The second-order valence-corrected chi connectivity index (χ2v) is 10.9. The molecule has 1 aliphatic heterocycles.